The fourth-order valence-electron chi connectivity index (χ4n) is 3.38. The van der Waals surface area contributed by atoms with Crippen LogP contribution < -0.4 is 5.32 Å². The van der Waals surface area contributed by atoms with Crippen LogP contribution in [-0.4, -0.2) is 26.7 Å². The number of rotatable bonds is 5. The molecule has 7 heteroatoms. The lowest BCUT2D eigenvalue weighted by molar-refractivity contribution is 0.399. The summed E-state index contributed by atoms with van der Waals surface area (Å²) in [5.74, 6) is 0.336. The summed E-state index contributed by atoms with van der Waals surface area (Å²) in [7, 11) is 0. The summed E-state index contributed by atoms with van der Waals surface area (Å²) < 4.78 is 19.2. The summed E-state index contributed by atoms with van der Waals surface area (Å²) >= 11 is 5.57. The van der Waals surface area contributed by atoms with Crippen molar-refractivity contribution in [2.24, 2.45) is 0 Å². The van der Waals surface area contributed by atoms with E-state index in [2.05, 4.69) is 22.0 Å². The summed E-state index contributed by atoms with van der Waals surface area (Å²) in [5.41, 5.74) is 3.29. The van der Waals surface area contributed by atoms with Gasteiger partial charge in [-0.25, -0.2) is 4.39 Å². The number of thiocarbonyl (C=S) groups is 1. The molecular weight excluding hydrogens is 387 g/mol. The maximum absolute atomic E-state index is 13.6. The number of hydrogen-bond donors (Lipinski definition) is 1. The minimum atomic E-state index is -0.353. The standard InChI is InChI=1S/C22H19FN4OS/c1-3-12-27-14(2)18(19(24-22(27)29)15-8-5-4-6-9-15)21-25-20(26-28-21)16-10-7-11-17(23)13-16/h3-11,13,19H,1,12H2,2H3,(H,24,29). The highest BCUT2D eigenvalue weighted by Crippen LogP contribution is 2.37. The maximum atomic E-state index is 13.6. The first-order valence-corrected chi connectivity index (χ1v) is 9.54. The first-order valence-electron chi connectivity index (χ1n) is 9.13. The molecule has 4 rings (SSSR count). The van der Waals surface area contributed by atoms with Crippen LogP contribution in [-0.2, 0) is 0 Å². The van der Waals surface area contributed by atoms with E-state index in [1.54, 1.807) is 18.2 Å². The second-order valence-electron chi connectivity index (χ2n) is 6.63. The average Bonchev–Trinajstić information content (AvgIpc) is 3.21. The van der Waals surface area contributed by atoms with Gasteiger partial charge in [-0.05, 0) is 36.8 Å². The van der Waals surface area contributed by atoms with E-state index in [0.717, 1.165) is 16.8 Å². The van der Waals surface area contributed by atoms with E-state index >= 15 is 0 Å². The highest BCUT2D eigenvalue weighted by molar-refractivity contribution is 7.80. The quantitative estimate of drug-likeness (QED) is 0.489. The summed E-state index contributed by atoms with van der Waals surface area (Å²) in [4.78, 5) is 6.49. The lowest BCUT2D eigenvalue weighted by Gasteiger charge is -2.36. The van der Waals surface area contributed by atoms with E-state index in [1.807, 2.05) is 42.2 Å². The molecule has 1 aliphatic rings. The Kier molecular flexibility index (Phi) is 5.22. The van der Waals surface area contributed by atoms with Crippen molar-refractivity contribution in [2.75, 3.05) is 6.54 Å². The Morgan fingerprint density at radius 2 is 2.03 bits per heavy atom. The zero-order valence-electron chi connectivity index (χ0n) is 15.8. The molecule has 0 saturated carbocycles. The van der Waals surface area contributed by atoms with Crippen LogP contribution >= 0.6 is 12.2 Å². The normalized spacial score (nSPS) is 16.7. The molecule has 0 spiro atoms. The number of hydrogen-bond acceptors (Lipinski definition) is 4. The molecule has 1 atom stereocenters. The minimum absolute atomic E-state index is 0.245. The van der Waals surface area contributed by atoms with Crippen molar-refractivity contribution in [3.63, 3.8) is 0 Å². The molecule has 1 aromatic heterocycles. The van der Waals surface area contributed by atoms with Crippen molar-refractivity contribution in [2.45, 2.75) is 13.0 Å². The lowest BCUT2D eigenvalue weighted by Crippen LogP contribution is -2.45. The third kappa shape index (κ3) is 3.69. The average molecular weight is 406 g/mol. The summed E-state index contributed by atoms with van der Waals surface area (Å²) in [5, 5.41) is 8.04. The number of halogens is 1. The van der Waals surface area contributed by atoms with Crippen molar-refractivity contribution in [3.8, 4) is 11.4 Å². The Labute approximate surface area is 173 Å². The Balaban J connectivity index is 1.82. The van der Waals surface area contributed by atoms with Gasteiger partial charge in [0.25, 0.3) is 5.89 Å². The molecule has 1 N–H and O–H groups in total. The van der Waals surface area contributed by atoms with Crippen LogP contribution in [0.5, 0.6) is 0 Å². The molecule has 0 aliphatic carbocycles. The Bertz CT molecular complexity index is 1090. The largest absolute Gasteiger partial charge is 0.351 e. The fraction of sp³-hybridized carbons (Fsp3) is 0.136. The molecule has 0 bridgehead atoms. The number of nitrogens with zero attached hydrogens (tertiary/aromatic N) is 3. The lowest BCUT2D eigenvalue weighted by atomic mass is 9.95. The van der Waals surface area contributed by atoms with Crippen molar-refractivity contribution in [1.29, 1.82) is 0 Å². The van der Waals surface area contributed by atoms with Gasteiger partial charge < -0.3 is 14.7 Å². The molecular formula is C22H19FN4OS. The second-order valence-corrected chi connectivity index (χ2v) is 7.01. The van der Waals surface area contributed by atoms with Gasteiger partial charge in [-0.1, -0.05) is 53.7 Å². The molecule has 0 fully saturated rings. The van der Waals surface area contributed by atoms with Gasteiger partial charge in [0.2, 0.25) is 5.82 Å². The van der Waals surface area contributed by atoms with E-state index in [9.17, 15) is 4.39 Å². The van der Waals surface area contributed by atoms with Crippen LogP contribution in [0.15, 0.2) is 77.5 Å². The molecule has 1 unspecified atom stereocenters. The van der Waals surface area contributed by atoms with Gasteiger partial charge >= 0.3 is 0 Å². The topological polar surface area (TPSA) is 54.2 Å². The molecule has 2 aromatic carbocycles. The summed E-state index contributed by atoms with van der Waals surface area (Å²) in [6, 6.07) is 15.8. The van der Waals surface area contributed by atoms with Crippen LogP contribution in [0.4, 0.5) is 4.39 Å². The van der Waals surface area contributed by atoms with Crippen LogP contribution in [0, 0.1) is 5.82 Å². The smallest absolute Gasteiger partial charge is 0.258 e. The first-order chi connectivity index (χ1) is 14.1. The highest BCUT2D eigenvalue weighted by Gasteiger charge is 2.33. The monoisotopic (exact) mass is 406 g/mol. The SMILES string of the molecule is C=CCN1C(=S)NC(c2ccccc2)C(c2nc(-c3cccc(F)c3)no2)=C1C. The molecule has 146 valence electrons. The second kappa shape index (κ2) is 7.97. The Hall–Kier alpha value is -3.32. The third-order valence-corrected chi connectivity index (χ3v) is 5.12. The van der Waals surface area contributed by atoms with E-state index in [4.69, 9.17) is 16.7 Å². The van der Waals surface area contributed by atoms with Gasteiger partial charge in [-0.3, -0.25) is 0 Å². The number of aromatic nitrogens is 2. The molecule has 5 nitrogen and oxygen atoms in total. The zero-order chi connectivity index (χ0) is 20.4. The molecule has 0 saturated heterocycles. The zero-order valence-corrected chi connectivity index (χ0v) is 16.6. The van der Waals surface area contributed by atoms with E-state index in [-0.39, 0.29) is 11.9 Å². The Morgan fingerprint density at radius 3 is 2.76 bits per heavy atom. The first kappa shape index (κ1) is 19.0. The van der Waals surface area contributed by atoms with Crippen molar-refractivity contribution in [3.05, 3.63) is 90.2 Å². The molecule has 3 aromatic rings. The van der Waals surface area contributed by atoms with E-state index in [1.165, 1.54) is 12.1 Å². The molecule has 29 heavy (non-hydrogen) atoms. The van der Waals surface area contributed by atoms with Gasteiger partial charge in [0.05, 0.1) is 11.6 Å². The van der Waals surface area contributed by atoms with Crippen molar-refractivity contribution < 1.29 is 8.91 Å². The van der Waals surface area contributed by atoms with Crippen LogP contribution in [0.2, 0.25) is 0 Å². The van der Waals surface area contributed by atoms with Gasteiger partial charge in [0.1, 0.15) is 5.82 Å². The number of allylic oxidation sites excluding steroid dienone is 1. The summed E-state index contributed by atoms with van der Waals surface area (Å²) in [6.07, 6.45) is 1.78. The van der Waals surface area contributed by atoms with Crippen molar-refractivity contribution >= 4 is 22.9 Å². The van der Waals surface area contributed by atoms with Gasteiger partial charge in [0, 0.05) is 17.8 Å². The molecule has 1 aliphatic heterocycles. The molecule has 2 heterocycles. The highest BCUT2D eigenvalue weighted by atomic mass is 32.1. The number of benzene rings is 2. The predicted molar refractivity (Wildman–Crippen MR) is 114 cm³/mol. The molecule has 0 amide bonds. The van der Waals surface area contributed by atoms with E-state index < -0.39 is 0 Å². The molecule has 0 radical (unpaired) electrons. The minimum Gasteiger partial charge on any atom is -0.351 e. The van der Waals surface area contributed by atoms with Crippen LogP contribution in [0.1, 0.15) is 24.4 Å². The summed E-state index contributed by atoms with van der Waals surface area (Å²) in [6.45, 7) is 6.33. The van der Waals surface area contributed by atoms with Crippen molar-refractivity contribution in [1.82, 2.24) is 20.4 Å². The van der Waals surface area contributed by atoms with Gasteiger partial charge in [0.15, 0.2) is 5.11 Å². The van der Waals surface area contributed by atoms with E-state index in [0.29, 0.717) is 28.9 Å². The number of nitrogens with one attached hydrogen (secondary N) is 1. The Morgan fingerprint density at radius 1 is 1.24 bits per heavy atom. The third-order valence-electron chi connectivity index (χ3n) is 4.78. The maximum Gasteiger partial charge on any atom is 0.258 e. The van der Waals surface area contributed by atoms with Gasteiger partial charge in [-0.15, -0.1) is 6.58 Å². The van der Waals surface area contributed by atoms with Crippen LogP contribution in [0.25, 0.3) is 17.0 Å². The fourth-order valence-corrected chi connectivity index (χ4v) is 3.71. The predicted octanol–water partition coefficient (Wildman–Crippen LogP) is 4.72. The van der Waals surface area contributed by atoms with Crippen LogP contribution in [0.3, 0.4) is 0 Å². The van der Waals surface area contributed by atoms with Gasteiger partial charge in [-0.2, -0.15) is 4.98 Å².